The van der Waals surface area contributed by atoms with Crippen LogP contribution in [0.4, 0.5) is 4.39 Å². The molecule has 1 amide bonds. The van der Waals surface area contributed by atoms with Crippen molar-refractivity contribution in [2.45, 2.75) is 19.2 Å². The molecule has 0 saturated carbocycles. The van der Waals surface area contributed by atoms with Crippen LogP contribution in [0.25, 0.3) is 0 Å². The molecule has 2 rings (SSSR count). The quantitative estimate of drug-likeness (QED) is 0.851. The molecule has 2 aromatic rings. The number of hydrogen-bond donors (Lipinski definition) is 1. The second-order valence-corrected chi connectivity index (χ2v) is 8.02. The minimum Gasteiger partial charge on any atom is -0.351 e. The van der Waals surface area contributed by atoms with Gasteiger partial charge in [0.25, 0.3) is 0 Å². The summed E-state index contributed by atoms with van der Waals surface area (Å²) in [6, 6.07) is 11.0. The van der Waals surface area contributed by atoms with Crippen LogP contribution in [-0.2, 0) is 26.9 Å². The van der Waals surface area contributed by atoms with Gasteiger partial charge in [-0.25, -0.2) is 12.8 Å². The van der Waals surface area contributed by atoms with E-state index in [9.17, 15) is 17.6 Å². The minimum absolute atomic E-state index is 0.145. The van der Waals surface area contributed by atoms with E-state index < -0.39 is 21.5 Å². The molecule has 0 aromatic heterocycles. The summed E-state index contributed by atoms with van der Waals surface area (Å²) in [6.07, 6.45) is 0. The van der Waals surface area contributed by atoms with Gasteiger partial charge < -0.3 is 5.32 Å². The Kier molecular flexibility index (Phi) is 5.96. The van der Waals surface area contributed by atoms with Crippen molar-refractivity contribution >= 4 is 27.3 Å². The third-order valence-corrected chi connectivity index (χ3v) is 5.05. The van der Waals surface area contributed by atoms with Crippen LogP contribution in [0.3, 0.4) is 0 Å². The molecule has 2 aromatic carbocycles. The smallest absolute Gasteiger partial charge is 0.235 e. The van der Waals surface area contributed by atoms with Crippen LogP contribution in [0.2, 0.25) is 5.02 Å². The zero-order chi connectivity index (χ0) is 17.7. The lowest BCUT2D eigenvalue weighted by Crippen LogP contribution is -2.30. The Morgan fingerprint density at radius 1 is 1.17 bits per heavy atom. The topological polar surface area (TPSA) is 63.2 Å². The molecule has 7 heteroatoms. The summed E-state index contributed by atoms with van der Waals surface area (Å²) in [6.45, 7) is 1.77. The van der Waals surface area contributed by atoms with Crippen molar-refractivity contribution in [2.24, 2.45) is 0 Å². The average molecular weight is 370 g/mol. The molecule has 0 bridgehead atoms. The largest absolute Gasteiger partial charge is 0.351 e. The number of sulfone groups is 1. The van der Waals surface area contributed by atoms with Crippen LogP contribution >= 0.6 is 11.6 Å². The summed E-state index contributed by atoms with van der Waals surface area (Å²) in [5.74, 6) is -1.79. The first-order valence-electron chi connectivity index (χ1n) is 7.22. The Balaban J connectivity index is 1.92. The molecule has 4 nitrogen and oxygen atoms in total. The van der Waals surface area contributed by atoms with Crippen molar-refractivity contribution < 1.29 is 17.6 Å². The molecule has 0 spiro atoms. The third-order valence-electron chi connectivity index (χ3n) is 3.34. The van der Waals surface area contributed by atoms with E-state index in [1.165, 1.54) is 6.07 Å². The van der Waals surface area contributed by atoms with Crippen LogP contribution in [0.15, 0.2) is 42.5 Å². The van der Waals surface area contributed by atoms with Gasteiger partial charge in [-0.05, 0) is 41.8 Å². The molecule has 128 valence electrons. The monoisotopic (exact) mass is 369 g/mol. The molecule has 0 atom stereocenters. The standard InChI is InChI=1S/C17H17ClFNO3S/c1-12-7-13(5-6-16(12)19)9-20-17(21)11-24(22,23)10-14-3-2-4-15(18)8-14/h2-8H,9-11H2,1H3,(H,20,21). The van der Waals surface area contributed by atoms with E-state index in [0.717, 1.165) is 0 Å². The highest BCUT2D eigenvalue weighted by Crippen LogP contribution is 2.14. The molecule has 0 saturated heterocycles. The normalized spacial score (nSPS) is 11.3. The SMILES string of the molecule is Cc1cc(CNC(=O)CS(=O)(=O)Cc2cccc(Cl)c2)ccc1F. The van der Waals surface area contributed by atoms with E-state index in [-0.39, 0.29) is 18.1 Å². The number of carbonyl (C=O) groups excluding carboxylic acids is 1. The summed E-state index contributed by atoms with van der Waals surface area (Å²) in [7, 11) is -3.60. The molecule has 0 heterocycles. The van der Waals surface area contributed by atoms with Gasteiger partial charge in [0.2, 0.25) is 5.91 Å². The fourth-order valence-electron chi connectivity index (χ4n) is 2.20. The fourth-order valence-corrected chi connectivity index (χ4v) is 3.70. The maximum absolute atomic E-state index is 13.2. The van der Waals surface area contributed by atoms with Crippen molar-refractivity contribution in [3.05, 3.63) is 70.0 Å². The predicted molar refractivity (Wildman–Crippen MR) is 91.9 cm³/mol. The number of carbonyl (C=O) groups is 1. The van der Waals surface area contributed by atoms with E-state index in [4.69, 9.17) is 11.6 Å². The Morgan fingerprint density at radius 3 is 2.58 bits per heavy atom. The molecule has 0 aliphatic heterocycles. The van der Waals surface area contributed by atoms with Gasteiger partial charge in [0, 0.05) is 11.6 Å². The first-order valence-corrected chi connectivity index (χ1v) is 9.42. The summed E-state index contributed by atoms with van der Waals surface area (Å²) < 4.78 is 37.3. The number of rotatable bonds is 6. The zero-order valence-electron chi connectivity index (χ0n) is 13.1. The number of halogens is 2. The number of benzene rings is 2. The third kappa shape index (κ3) is 5.62. The average Bonchev–Trinajstić information content (AvgIpc) is 2.47. The van der Waals surface area contributed by atoms with Gasteiger partial charge in [0.15, 0.2) is 9.84 Å². The van der Waals surface area contributed by atoms with Crippen molar-refractivity contribution in [2.75, 3.05) is 5.75 Å². The Hall–Kier alpha value is -1.92. The number of hydrogen-bond acceptors (Lipinski definition) is 3. The maximum Gasteiger partial charge on any atom is 0.235 e. The predicted octanol–water partition coefficient (Wildman–Crippen LogP) is 3.02. The highest BCUT2D eigenvalue weighted by molar-refractivity contribution is 7.91. The Morgan fingerprint density at radius 2 is 1.92 bits per heavy atom. The van der Waals surface area contributed by atoms with Crippen molar-refractivity contribution in [3.8, 4) is 0 Å². The molecule has 24 heavy (non-hydrogen) atoms. The van der Waals surface area contributed by atoms with Crippen molar-refractivity contribution in [1.29, 1.82) is 0 Å². The van der Waals surface area contributed by atoms with E-state index >= 15 is 0 Å². The second kappa shape index (κ2) is 7.77. The Labute approximate surface area is 145 Å². The minimum atomic E-state index is -3.60. The highest BCUT2D eigenvalue weighted by Gasteiger charge is 2.17. The number of aryl methyl sites for hydroxylation is 1. The van der Waals surface area contributed by atoms with Gasteiger partial charge in [-0.3, -0.25) is 4.79 Å². The van der Waals surface area contributed by atoms with Gasteiger partial charge >= 0.3 is 0 Å². The van der Waals surface area contributed by atoms with Crippen molar-refractivity contribution in [3.63, 3.8) is 0 Å². The molecule has 0 aliphatic rings. The van der Waals surface area contributed by atoms with Crippen LogP contribution < -0.4 is 5.32 Å². The number of amides is 1. The van der Waals surface area contributed by atoms with Crippen LogP contribution in [0.5, 0.6) is 0 Å². The molecule has 0 unspecified atom stereocenters. The van der Waals surface area contributed by atoms with Gasteiger partial charge in [0.05, 0.1) is 5.75 Å². The molecular weight excluding hydrogens is 353 g/mol. The molecule has 0 fully saturated rings. The van der Waals surface area contributed by atoms with E-state index in [1.54, 1.807) is 43.3 Å². The van der Waals surface area contributed by atoms with E-state index in [1.807, 2.05) is 0 Å². The summed E-state index contributed by atoms with van der Waals surface area (Å²) in [4.78, 5) is 11.9. The molecular formula is C17H17ClFNO3S. The second-order valence-electron chi connectivity index (χ2n) is 5.52. The van der Waals surface area contributed by atoms with Gasteiger partial charge in [-0.2, -0.15) is 0 Å². The lowest BCUT2D eigenvalue weighted by molar-refractivity contribution is -0.118. The fraction of sp³-hybridized carbons (Fsp3) is 0.235. The lowest BCUT2D eigenvalue weighted by atomic mass is 10.1. The molecule has 0 radical (unpaired) electrons. The first-order chi connectivity index (χ1) is 11.2. The zero-order valence-corrected chi connectivity index (χ0v) is 14.6. The molecule has 0 aliphatic carbocycles. The summed E-state index contributed by atoms with van der Waals surface area (Å²) in [5, 5.41) is 2.98. The van der Waals surface area contributed by atoms with Gasteiger partial charge in [0.1, 0.15) is 11.6 Å². The molecule has 1 N–H and O–H groups in total. The van der Waals surface area contributed by atoms with Crippen LogP contribution in [0.1, 0.15) is 16.7 Å². The first kappa shape index (κ1) is 18.4. The lowest BCUT2D eigenvalue weighted by Gasteiger charge is -2.08. The van der Waals surface area contributed by atoms with Gasteiger partial charge in [-0.1, -0.05) is 35.9 Å². The van der Waals surface area contributed by atoms with E-state index in [2.05, 4.69) is 5.32 Å². The van der Waals surface area contributed by atoms with Crippen LogP contribution in [0, 0.1) is 12.7 Å². The van der Waals surface area contributed by atoms with Crippen molar-refractivity contribution in [1.82, 2.24) is 5.32 Å². The Bertz CT molecular complexity index is 853. The summed E-state index contributed by atoms with van der Waals surface area (Å²) in [5.41, 5.74) is 1.70. The maximum atomic E-state index is 13.2. The highest BCUT2D eigenvalue weighted by atomic mass is 35.5. The van der Waals surface area contributed by atoms with Crippen LogP contribution in [-0.4, -0.2) is 20.1 Å². The number of nitrogens with one attached hydrogen (secondary N) is 1. The van der Waals surface area contributed by atoms with E-state index in [0.29, 0.717) is 21.7 Å². The summed E-state index contributed by atoms with van der Waals surface area (Å²) >= 11 is 5.82. The van der Waals surface area contributed by atoms with Gasteiger partial charge in [-0.15, -0.1) is 0 Å².